The van der Waals surface area contributed by atoms with E-state index in [9.17, 15) is 14.4 Å². The molecule has 0 aliphatic heterocycles. The number of benzene rings is 2. The molecule has 0 aromatic heterocycles. The van der Waals surface area contributed by atoms with Crippen LogP contribution in [-0.4, -0.2) is 61.3 Å². The van der Waals surface area contributed by atoms with Crippen LogP contribution >= 0.6 is 0 Å². The van der Waals surface area contributed by atoms with Gasteiger partial charge in [-0.05, 0) is 49.2 Å². The summed E-state index contributed by atoms with van der Waals surface area (Å²) in [6, 6.07) is 14.0. The molecule has 2 aromatic carbocycles. The third-order valence-corrected chi connectivity index (χ3v) is 4.64. The van der Waals surface area contributed by atoms with Crippen molar-refractivity contribution in [3.05, 3.63) is 59.7 Å². The minimum absolute atomic E-state index is 0.000763. The molecule has 2 rings (SSSR count). The highest BCUT2D eigenvalue weighted by Crippen LogP contribution is 2.15. The zero-order valence-corrected chi connectivity index (χ0v) is 18.8. The van der Waals surface area contributed by atoms with Crippen molar-refractivity contribution in [3.63, 3.8) is 0 Å². The van der Waals surface area contributed by atoms with Gasteiger partial charge in [0.1, 0.15) is 0 Å². The number of nitrogens with one attached hydrogen (secondary N) is 2. The third-order valence-electron chi connectivity index (χ3n) is 4.64. The standard InChI is InChI=1S/C24H32N4O3/c1-5-13-28(14-6-2)24(31)19-10-7-11-20(15-19)25-17-22(29)26-21-12-8-9-18(16-21)23(30)27(3)4/h7-12,15-16,25H,5-6,13-14,17H2,1-4H3,(H,26,29). The van der Waals surface area contributed by atoms with Crippen LogP contribution < -0.4 is 10.6 Å². The predicted molar refractivity (Wildman–Crippen MR) is 125 cm³/mol. The highest BCUT2D eigenvalue weighted by Gasteiger charge is 2.15. The van der Waals surface area contributed by atoms with Crippen LogP contribution in [-0.2, 0) is 4.79 Å². The number of anilines is 2. The van der Waals surface area contributed by atoms with Crippen molar-refractivity contribution in [1.29, 1.82) is 0 Å². The summed E-state index contributed by atoms with van der Waals surface area (Å²) in [5, 5.41) is 5.85. The monoisotopic (exact) mass is 424 g/mol. The molecule has 31 heavy (non-hydrogen) atoms. The first-order chi connectivity index (χ1) is 14.8. The topological polar surface area (TPSA) is 81.8 Å². The van der Waals surface area contributed by atoms with Crippen LogP contribution in [0.3, 0.4) is 0 Å². The molecule has 0 heterocycles. The van der Waals surface area contributed by atoms with Gasteiger partial charge in [0.15, 0.2) is 0 Å². The number of amides is 3. The zero-order valence-electron chi connectivity index (χ0n) is 18.8. The highest BCUT2D eigenvalue weighted by molar-refractivity contribution is 5.98. The summed E-state index contributed by atoms with van der Waals surface area (Å²) >= 11 is 0. The van der Waals surface area contributed by atoms with Crippen LogP contribution in [0.2, 0.25) is 0 Å². The number of carbonyl (C=O) groups excluding carboxylic acids is 3. The van der Waals surface area contributed by atoms with Crippen molar-refractivity contribution in [2.75, 3.05) is 44.4 Å². The van der Waals surface area contributed by atoms with E-state index in [-0.39, 0.29) is 24.3 Å². The van der Waals surface area contributed by atoms with Gasteiger partial charge in [-0.2, -0.15) is 0 Å². The lowest BCUT2D eigenvalue weighted by molar-refractivity contribution is -0.114. The van der Waals surface area contributed by atoms with E-state index in [1.165, 1.54) is 4.90 Å². The first-order valence-electron chi connectivity index (χ1n) is 10.6. The lowest BCUT2D eigenvalue weighted by Gasteiger charge is -2.21. The minimum Gasteiger partial charge on any atom is -0.376 e. The summed E-state index contributed by atoms with van der Waals surface area (Å²) in [5.41, 5.74) is 2.36. The van der Waals surface area contributed by atoms with Crippen LogP contribution in [0.4, 0.5) is 11.4 Å². The second-order valence-electron chi connectivity index (χ2n) is 7.56. The zero-order chi connectivity index (χ0) is 22.8. The lowest BCUT2D eigenvalue weighted by atomic mass is 10.1. The summed E-state index contributed by atoms with van der Waals surface area (Å²) in [6.07, 6.45) is 1.82. The van der Waals surface area contributed by atoms with Crippen LogP contribution in [0, 0.1) is 0 Å². The second kappa shape index (κ2) is 11.7. The first kappa shape index (κ1) is 23.9. The third kappa shape index (κ3) is 7.13. The Morgan fingerprint density at radius 2 is 1.35 bits per heavy atom. The average molecular weight is 425 g/mol. The smallest absolute Gasteiger partial charge is 0.253 e. The van der Waals surface area contributed by atoms with E-state index < -0.39 is 0 Å². The summed E-state index contributed by atoms with van der Waals surface area (Å²) in [4.78, 5) is 40.6. The number of carbonyl (C=O) groups is 3. The van der Waals surface area contributed by atoms with Gasteiger partial charge in [-0.25, -0.2) is 0 Å². The molecular weight excluding hydrogens is 392 g/mol. The van der Waals surface area contributed by atoms with E-state index in [2.05, 4.69) is 24.5 Å². The molecule has 7 heteroatoms. The van der Waals surface area contributed by atoms with Gasteiger partial charge in [-0.3, -0.25) is 14.4 Å². The van der Waals surface area contributed by atoms with Crippen LogP contribution in [0.25, 0.3) is 0 Å². The van der Waals surface area contributed by atoms with Gasteiger partial charge in [-0.1, -0.05) is 26.0 Å². The molecule has 0 saturated carbocycles. The lowest BCUT2D eigenvalue weighted by Crippen LogP contribution is -2.32. The predicted octanol–water partition coefficient (Wildman–Crippen LogP) is 3.70. The molecule has 0 aliphatic rings. The van der Waals surface area contributed by atoms with Crippen molar-refractivity contribution < 1.29 is 14.4 Å². The molecular formula is C24H32N4O3. The Morgan fingerprint density at radius 3 is 1.94 bits per heavy atom. The minimum atomic E-state index is -0.246. The molecule has 2 N–H and O–H groups in total. The fourth-order valence-electron chi connectivity index (χ4n) is 3.18. The largest absolute Gasteiger partial charge is 0.376 e. The van der Waals surface area contributed by atoms with E-state index in [4.69, 9.17) is 0 Å². The van der Waals surface area contributed by atoms with Crippen LogP contribution in [0.5, 0.6) is 0 Å². The van der Waals surface area contributed by atoms with Crippen molar-refractivity contribution in [3.8, 4) is 0 Å². The van der Waals surface area contributed by atoms with Gasteiger partial charge in [0.2, 0.25) is 5.91 Å². The highest BCUT2D eigenvalue weighted by atomic mass is 16.2. The molecule has 0 radical (unpaired) electrons. The summed E-state index contributed by atoms with van der Waals surface area (Å²) < 4.78 is 0. The molecule has 166 valence electrons. The molecule has 7 nitrogen and oxygen atoms in total. The Morgan fingerprint density at radius 1 is 0.806 bits per heavy atom. The van der Waals surface area contributed by atoms with Crippen LogP contribution in [0.1, 0.15) is 47.4 Å². The van der Waals surface area contributed by atoms with E-state index in [1.54, 1.807) is 56.6 Å². The molecule has 0 atom stereocenters. The molecule has 2 aromatic rings. The maximum atomic E-state index is 12.8. The number of hydrogen-bond acceptors (Lipinski definition) is 4. The summed E-state index contributed by atoms with van der Waals surface area (Å²) in [6.45, 7) is 5.60. The van der Waals surface area contributed by atoms with Gasteiger partial charge in [0.05, 0.1) is 6.54 Å². The first-order valence-corrected chi connectivity index (χ1v) is 10.6. The van der Waals surface area contributed by atoms with Crippen LogP contribution in [0.15, 0.2) is 48.5 Å². The maximum absolute atomic E-state index is 12.8. The number of hydrogen-bond donors (Lipinski definition) is 2. The molecule has 0 saturated heterocycles. The number of rotatable bonds is 10. The van der Waals surface area contributed by atoms with Gasteiger partial charge < -0.3 is 20.4 Å². The normalized spacial score (nSPS) is 10.3. The molecule has 0 aliphatic carbocycles. The van der Waals surface area contributed by atoms with E-state index in [1.807, 2.05) is 11.0 Å². The number of nitrogens with zero attached hydrogens (tertiary/aromatic N) is 2. The van der Waals surface area contributed by atoms with E-state index >= 15 is 0 Å². The van der Waals surface area contributed by atoms with Gasteiger partial charge in [0, 0.05) is 49.7 Å². The van der Waals surface area contributed by atoms with E-state index in [0.717, 1.165) is 25.9 Å². The summed E-state index contributed by atoms with van der Waals surface area (Å²) in [7, 11) is 3.36. The Hall–Kier alpha value is -3.35. The Bertz CT molecular complexity index is 905. The fourth-order valence-corrected chi connectivity index (χ4v) is 3.18. The Kier molecular flexibility index (Phi) is 9.06. The molecule has 0 fully saturated rings. The summed E-state index contributed by atoms with van der Waals surface area (Å²) in [5.74, 6) is -0.375. The quantitative estimate of drug-likeness (QED) is 0.609. The molecule has 3 amide bonds. The Balaban J connectivity index is 1.98. The van der Waals surface area contributed by atoms with Gasteiger partial charge >= 0.3 is 0 Å². The maximum Gasteiger partial charge on any atom is 0.253 e. The van der Waals surface area contributed by atoms with Crippen molar-refractivity contribution in [2.45, 2.75) is 26.7 Å². The molecule has 0 bridgehead atoms. The van der Waals surface area contributed by atoms with E-state index in [0.29, 0.717) is 22.5 Å². The molecule has 0 unspecified atom stereocenters. The Labute approximate surface area is 184 Å². The average Bonchev–Trinajstić information content (AvgIpc) is 2.77. The van der Waals surface area contributed by atoms with Crippen molar-refractivity contribution >= 4 is 29.1 Å². The van der Waals surface area contributed by atoms with Crippen molar-refractivity contribution in [2.24, 2.45) is 0 Å². The van der Waals surface area contributed by atoms with Gasteiger partial charge in [-0.15, -0.1) is 0 Å². The SMILES string of the molecule is CCCN(CCC)C(=O)c1cccc(NCC(=O)Nc2cccc(C(=O)N(C)C)c2)c1. The molecule has 0 spiro atoms. The van der Waals surface area contributed by atoms with Gasteiger partial charge in [0.25, 0.3) is 11.8 Å². The van der Waals surface area contributed by atoms with Crippen molar-refractivity contribution in [1.82, 2.24) is 9.80 Å². The fraction of sp³-hybridized carbons (Fsp3) is 0.375. The second-order valence-corrected chi connectivity index (χ2v) is 7.56.